The van der Waals surface area contributed by atoms with Crippen molar-refractivity contribution < 1.29 is 9.18 Å². The fraction of sp³-hybridized carbons (Fsp3) is 0.176. The molecule has 2 aromatic rings. The van der Waals surface area contributed by atoms with Gasteiger partial charge < -0.3 is 4.90 Å². The van der Waals surface area contributed by atoms with Crippen LogP contribution in [0.3, 0.4) is 0 Å². The lowest BCUT2D eigenvalue weighted by molar-refractivity contribution is -0.120. The molecule has 2 aliphatic rings. The Morgan fingerprint density at radius 3 is 2.50 bits per heavy atom. The van der Waals surface area contributed by atoms with E-state index in [-0.39, 0.29) is 17.6 Å². The standard InChI is InChI=1S/C17H13FN2OS/c18-13-7-3-4-8-14(13)20-16(21)15-9-11-5-1-2-6-12(11)10-19(15)17(20)22/h1-8,15H,9-10H2. The number of anilines is 1. The fourth-order valence-corrected chi connectivity index (χ4v) is 3.55. The Hall–Kier alpha value is -2.27. The van der Waals surface area contributed by atoms with Gasteiger partial charge in [-0.15, -0.1) is 0 Å². The Kier molecular flexibility index (Phi) is 2.97. The molecule has 1 unspecified atom stereocenters. The van der Waals surface area contributed by atoms with Gasteiger partial charge in [0.15, 0.2) is 5.11 Å². The van der Waals surface area contributed by atoms with Gasteiger partial charge in [-0.3, -0.25) is 9.69 Å². The van der Waals surface area contributed by atoms with Crippen molar-refractivity contribution in [2.45, 2.75) is 19.0 Å². The van der Waals surface area contributed by atoms with Gasteiger partial charge in [-0.05, 0) is 35.5 Å². The molecule has 4 rings (SSSR count). The largest absolute Gasteiger partial charge is 0.332 e. The molecule has 0 spiro atoms. The number of para-hydroxylation sites is 1. The topological polar surface area (TPSA) is 23.6 Å². The van der Waals surface area contributed by atoms with Crippen molar-refractivity contribution in [3.05, 3.63) is 65.5 Å². The highest BCUT2D eigenvalue weighted by Crippen LogP contribution is 2.33. The minimum absolute atomic E-state index is 0.149. The number of fused-ring (bicyclic) bond motifs is 2. The molecule has 0 aromatic heterocycles. The summed E-state index contributed by atoms with van der Waals surface area (Å²) in [4.78, 5) is 16.0. The number of carbonyl (C=O) groups is 1. The summed E-state index contributed by atoms with van der Waals surface area (Å²) in [5, 5.41) is 0.384. The lowest BCUT2D eigenvalue weighted by atomic mass is 9.95. The molecule has 1 saturated heterocycles. The molecule has 3 nitrogen and oxygen atoms in total. The SMILES string of the molecule is O=C1C2Cc3ccccc3CN2C(=S)N1c1ccccc1F. The minimum Gasteiger partial charge on any atom is -0.332 e. The summed E-state index contributed by atoms with van der Waals surface area (Å²) in [5.74, 6) is -0.583. The highest BCUT2D eigenvalue weighted by atomic mass is 32.1. The zero-order valence-corrected chi connectivity index (χ0v) is 12.5. The highest BCUT2D eigenvalue weighted by molar-refractivity contribution is 7.80. The van der Waals surface area contributed by atoms with E-state index in [1.165, 1.54) is 16.5 Å². The number of rotatable bonds is 1. The normalized spacial score (nSPS) is 20.1. The van der Waals surface area contributed by atoms with E-state index < -0.39 is 5.82 Å². The zero-order chi connectivity index (χ0) is 15.3. The van der Waals surface area contributed by atoms with Gasteiger partial charge in [0.05, 0.1) is 5.69 Å². The lowest BCUT2D eigenvalue weighted by Gasteiger charge is -2.30. The molecule has 110 valence electrons. The summed E-state index contributed by atoms with van der Waals surface area (Å²) in [6.07, 6.45) is 0.611. The van der Waals surface area contributed by atoms with Crippen LogP contribution in [-0.2, 0) is 17.8 Å². The predicted molar refractivity (Wildman–Crippen MR) is 86.0 cm³/mol. The van der Waals surface area contributed by atoms with Crippen LogP contribution in [0.4, 0.5) is 10.1 Å². The fourth-order valence-electron chi connectivity index (χ4n) is 3.17. The third-order valence-corrected chi connectivity index (χ3v) is 4.70. The molecule has 2 aromatic carbocycles. The number of amides is 1. The maximum atomic E-state index is 14.1. The van der Waals surface area contributed by atoms with Crippen molar-refractivity contribution in [1.82, 2.24) is 4.90 Å². The Morgan fingerprint density at radius 2 is 1.73 bits per heavy atom. The highest BCUT2D eigenvalue weighted by Gasteiger charge is 2.45. The van der Waals surface area contributed by atoms with E-state index in [0.717, 1.165) is 5.56 Å². The van der Waals surface area contributed by atoms with E-state index in [2.05, 4.69) is 0 Å². The van der Waals surface area contributed by atoms with Crippen LogP contribution in [0, 0.1) is 5.82 Å². The summed E-state index contributed by atoms with van der Waals surface area (Å²) >= 11 is 5.45. The number of nitrogens with zero attached hydrogens (tertiary/aromatic N) is 2. The van der Waals surface area contributed by atoms with E-state index in [9.17, 15) is 9.18 Å². The first-order valence-corrected chi connectivity index (χ1v) is 7.53. The van der Waals surface area contributed by atoms with E-state index in [4.69, 9.17) is 12.2 Å². The van der Waals surface area contributed by atoms with Gasteiger partial charge >= 0.3 is 0 Å². The number of hydrogen-bond donors (Lipinski definition) is 0. The van der Waals surface area contributed by atoms with Gasteiger partial charge in [0.25, 0.3) is 5.91 Å². The quantitative estimate of drug-likeness (QED) is 0.757. The van der Waals surface area contributed by atoms with Gasteiger partial charge in [-0.1, -0.05) is 36.4 Å². The molecule has 0 N–H and O–H groups in total. The molecule has 1 amide bonds. The Balaban J connectivity index is 1.75. The number of thiocarbonyl (C=S) groups is 1. The first-order valence-electron chi connectivity index (χ1n) is 7.12. The van der Waals surface area contributed by atoms with Crippen molar-refractivity contribution in [1.29, 1.82) is 0 Å². The van der Waals surface area contributed by atoms with Gasteiger partial charge in [-0.25, -0.2) is 4.39 Å². The van der Waals surface area contributed by atoms with E-state index in [1.807, 2.05) is 29.2 Å². The van der Waals surface area contributed by atoms with Crippen LogP contribution in [0.5, 0.6) is 0 Å². The molecule has 2 aliphatic heterocycles. The summed E-state index contributed by atoms with van der Waals surface area (Å²) in [6, 6.07) is 13.9. The van der Waals surface area contributed by atoms with Crippen LogP contribution < -0.4 is 4.90 Å². The molecular weight excluding hydrogens is 299 g/mol. The molecule has 1 atom stereocenters. The number of halogens is 1. The molecule has 0 saturated carbocycles. The zero-order valence-electron chi connectivity index (χ0n) is 11.7. The Bertz CT molecular complexity index is 749. The maximum absolute atomic E-state index is 14.1. The van der Waals surface area contributed by atoms with Gasteiger partial charge in [0, 0.05) is 13.0 Å². The molecular formula is C17H13FN2OS. The van der Waals surface area contributed by atoms with Crippen LogP contribution >= 0.6 is 12.2 Å². The molecule has 2 heterocycles. The number of benzene rings is 2. The summed E-state index contributed by atoms with van der Waals surface area (Å²) in [7, 11) is 0. The van der Waals surface area contributed by atoms with Crippen molar-refractivity contribution in [3.8, 4) is 0 Å². The monoisotopic (exact) mass is 312 g/mol. The Morgan fingerprint density at radius 1 is 1.05 bits per heavy atom. The molecule has 22 heavy (non-hydrogen) atoms. The molecule has 0 radical (unpaired) electrons. The second-order valence-electron chi connectivity index (χ2n) is 5.52. The van der Waals surface area contributed by atoms with E-state index in [1.54, 1.807) is 18.2 Å². The Labute approximate surface area is 133 Å². The van der Waals surface area contributed by atoms with Crippen LogP contribution in [0.2, 0.25) is 0 Å². The third-order valence-electron chi connectivity index (χ3n) is 4.28. The smallest absolute Gasteiger partial charge is 0.256 e. The molecule has 5 heteroatoms. The average molecular weight is 312 g/mol. The number of carbonyl (C=O) groups excluding carboxylic acids is 1. The van der Waals surface area contributed by atoms with Crippen LogP contribution in [-0.4, -0.2) is 22.0 Å². The first-order chi connectivity index (χ1) is 10.7. The molecule has 0 bridgehead atoms. The lowest BCUT2D eigenvalue weighted by Crippen LogP contribution is -2.39. The maximum Gasteiger partial charge on any atom is 0.256 e. The van der Waals surface area contributed by atoms with Crippen molar-refractivity contribution in [3.63, 3.8) is 0 Å². The second kappa shape index (κ2) is 4.88. The van der Waals surface area contributed by atoms with Gasteiger partial charge in [0.1, 0.15) is 11.9 Å². The predicted octanol–water partition coefficient (Wildman–Crippen LogP) is 2.88. The second-order valence-corrected chi connectivity index (χ2v) is 5.89. The van der Waals surface area contributed by atoms with Gasteiger partial charge in [-0.2, -0.15) is 0 Å². The summed E-state index contributed by atoms with van der Waals surface area (Å²) in [5.41, 5.74) is 2.57. The van der Waals surface area contributed by atoms with Crippen molar-refractivity contribution in [2.24, 2.45) is 0 Å². The van der Waals surface area contributed by atoms with Crippen molar-refractivity contribution >= 4 is 28.9 Å². The van der Waals surface area contributed by atoms with Crippen LogP contribution in [0.15, 0.2) is 48.5 Å². The summed E-state index contributed by atoms with van der Waals surface area (Å²) < 4.78 is 14.1. The van der Waals surface area contributed by atoms with Crippen LogP contribution in [0.1, 0.15) is 11.1 Å². The average Bonchev–Trinajstić information content (AvgIpc) is 2.77. The third kappa shape index (κ3) is 1.85. The van der Waals surface area contributed by atoms with Gasteiger partial charge in [0.2, 0.25) is 0 Å². The molecule has 1 fully saturated rings. The number of hydrogen-bond acceptors (Lipinski definition) is 2. The summed E-state index contributed by atoms with van der Waals surface area (Å²) in [6.45, 7) is 0.594. The van der Waals surface area contributed by atoms with E-state index in [0.29, 0.717) is 18.1 Å². The molecule has 0 aliphatic carbocycles. The van der Waals surface area contributed by atoms with Crippen molar-refractivity contribution in [2.75, 3.05) is 4.90 Å². The van der Waals surface area contributed by atoms with Crippen LogP contribution in [0.25, 0.3) is 0 Å². The minimum atomic E-state index is -0.435. The first kappa shape index (κ1) is 13.4. The van der Waals surface area contributed by atoms with E-state index >= 15 is 0 Å².